The zero-order chi connectivity index (χ0) is 62.0. The first kappa shape index (κ1) is 77.8. The maximum atomic E-state index is 5.68. The Morgan fingerprint density at radius 2 is 0.819 bits per heavy atom. The number of hydrogen-bond acceptors (Lipinski definition) is 9. The molecule has 1 aromatic carbocycles. The minimum Gasteiger partial charge on any atom is -0.399 e. The summed E-state index contributed by atoms with van der Waals surface area (Å²) in [5, 5.41) is 0. The van der Waals surface area contributed by atoms with Crippen LogP contribution in [0.25, 0.3) is 0 Å². The van der Waals surface area contributed by atoms with E-state index in [9.17, 15) is 0 Å². The largest absolute Gasteiger partial charge is 0.399 e. The molecule has 0 spiro atoms. The van der Waals surface area contributed by atoms with E-state index in [1.54, 1.807) is 0 Å². The molecule has 0 saturated heterocycles. The number of anilines is 1. The van der Waals surface area contributed by atoms with Crippen LogP contribution in [0, 0.1) is 118 Å². The smallest absolute Gasteiger partial charge is 0.0316 e. The summed E-state index contributed by atoms with van der Waals surface area (Å²) in [6, 6.07) is 6.82. The molecule has 0 heterocycles. The summed E-state index contributed by atoms with van der Waals surface area (Å²) < 4.78 is 0. The SMILES string of the molecule is CC1CC(C)CC(CN)C1.CC1CCC(C)C(CN)C1.CC1CCC(CN)C(C)C1.CC1CCC(CN)CC1.CC1CCC(CN)CC1C.CC1CCCC(C)C1CN.CC1CCCC(CN)C1C.NC1CC1.Nc1ccc2c(c1)CCC2. The summed E-state index contributed by atoms with van der Waals surface area (Å²) in [6.45, 7) is 36.8. The van der Waals surface area contributed by atoms with Crippen molar-refractivity contribution in [3.05, 3.63) is 29.3 Å². The van der Waals surface area contributed by atoms with E-state index >= 15 is 0 Å². The Hall–Kier alpha value is -1.30. The predicted octanol–water partition coefficient (Wildman–Crippen LogP) is 15.7. The van der Waals surface area contributed by atoms with Crippen LogP contribution in [0.5, 0.6) is 0 Å². The Morgan fingerprint density at radius 3 is 1.30 bits per heavy atom. The van der Waals surface area contributed by atoms with E-state index in [1.807, 2.05) is 6.07 Å². The Balaban J connectivity index is 0.000000321. The first-order valence-corrected chi connectivity index (χ1v) is 36.1. The molecule has 18 N–H and O–H groups in total. The van der Waals surface area contributed by atoms with E-state index in [0.717, 1.165) is 170 Å². The van der Waals surface area contributed by atoms with E-state index in [4.69, 9.17) is 51.6 Å². The van der Waals surface area contributed by atoms with Gasteiger partial charge in [-0.1, -0.05) is 167 Å². The molecule has 0 radical (unpaired) electrons. The number of fused-ring (bicyclic) bond motifs is 1. The number of rotatable bonds is 7. The van der Waals surface area contributed by atoms with Crippen LogP contribution in [0.3, 0.4) is 0 Å². The normalized spacial score (nSPS) is 37.2. The van der Waals surface area contributed by atoms with Gasteiger partial charge in [0.1, 0.15) is 0 Å². The summed E-state index contributed by atoms with van der Waals surface area (Å²) in [5.41, 5.74) is 54.1. The van der Waals surface area contributed by atoms with Crippen molar-refractivity contribution in [3.63, 3.8) is 0 Å². The molecule has 16 unspecified atom stereocenters. The highest BCUT2D eigenvalue weighted by Gasteiger charge is 2.29. The molecule has 83 heavy (non-hydrogen) atoms. The lowest BCUT2D eigenvalue weighted by atomic mass is 9.74. The van der Waals surface area contributed by atoms with Gasteiger partial charge in [0.05, 0.1) is 0 Å². The highest BCUT2D eigenvalue weighted by atomic mass is 14.7. The zero-order valence-electron chi connectivity index (χ0n) is 57.6. The van der Waals surface area contributed by atoms with Gasteiger partial charge in [-0.2, -0.15) is 0 Å². The second-order valence-corrected chi connectivity index (χ2v) is 30.8. The van der Waals surface area contributed by atoms with Crippen molar-refractivity contribution in [1.29, 1.82) is 0 Å². The molecule has 10 rings (SSSR count). The Morgan fingerprint density at radius 1 is 0.325 bits per heavy atom. The standard InChI is InChI=1S/C9H11N.6C9H19N.C8H17N.C3H7N/c10-9-5-4-7-2-1-3-8(7)6-9;1-7-3-8(2)5-9(4-7)6-10;1-7-3-4-9(6-10)5-8(7)2;1-7-3-4-9(6-10)8(2)5-7;1-7-3-4-8(2)9(5-7)6-10;1-7-4-3-5-9(6-10)8(7)2;1-7-4-3-5-8(2)9(7)6-10;1-7-2-4-8(6-9)5-3-7;4-3-1-2-3/h4-6H,1-3,10H2;6*7-9H,3-6,10H2,1-2H3;7-8H,2-6,9H2,1H3;3H,1-2,4H2. The molecule has 0 aliphatic heterocycles. The van der Waals surface area contributed by atoms with Crippen molar-refractivity contribution in [3.8, 4) is 0 Å². The van der Waals surface area contributed by atoms with Gasteiger partial charge in [0, 0.05) is 11.7 Å². The van der Waals surface area contributed by atoms with Crippen LogP contribution >= 0.6 is 0 Å². The summed E-state index contributed by atoms with van der Waals surface area (Å²) in [7, 11) is 0. The van der Waals surface area contributed by atoms with Crippen molar-refractivity contribution in [2.45, 2.75) is 269 Å². The lowest BCUT2D eigenvalue weighted by Crippen LogP contribution is -2.31. The van der Waals surface area contributed by atoms with Gasteiger partial charge in [-0.15, -0.1) is 0 Å². The molecule has 8 fully saturated rings. The molecule has 1 aromatic rings. The molecular weight excluding hydrogens is 1010 g/mol. The van der Waals surface area contributed by atoms with Gasteiger partial charge in [-0.3, -0.25) is 0 Å². The van der Waals surface area contributed by atoms with E-state index < -0.39 is 0 Å². The quantitative estimate of drug-likeness (QED) is 0.118. The monoisotopic (exact) mass is 1160 g/mol. The van der Waals surface area contributed by atoms with Gasteiger partial charge in [-0.25, -0.2) is 0 Å². The third kappa shape index (κ3) is 32.7. The molecule has 9 nitrogen and oxygen atoms in total. The van der Waals surface area contributed by atoms with Gasteiger partial charge in [-0.05, 0) is 290 Å². The lowest BCUT2D eigenvalue weighted by molar-refractivity contribution is 0.186. The van der Waals surface area contributed by atoms with Crippen molar-refractivity contribution < 1.29 is 0 Å². The van der Waals surface area contributed by atoms with Crippen LogP contribution in [0.1, 0.15) is 262 Å². The molecule has 9 heteroatoms. The number of nitrogens with two attached hydrogens (primary N) is 9. The summed E-state index contributed by atoms with van der Waals surface area (Å²) >= 11 is 0. The summed E-state index contributed by atoms with van der Waals surface area (Å²) in [5.74, 6) is 17.5. The van der Waals surface area contributed by atoms with Gasteiger partial charge >= 0.3 is 0 Å². The zero-order valence-corrected chi connectivity index (χ0v) is 57.6. The Labute approximate surface area is 517 Å². The van der Waals surface area contributed by atoms with Gasteiger partial charge in [0.2, 0.25) is 0 Å². The Kier molecular flexibility index (Phi) is 41.4. The topological polar surface area (TPSA) is 234 Å². The molecule has 490 valence electrons. The lowest BCUT2D eigenvalue weighted by Gasteiger charge is -2.33. The molecule has 0 bridgehead atoms. The summed E-state index contributed by atoms with van der Waals surface area (Å²) in [4.78, 5) is 0. The minimum atomic E-state index is 0.583. The molecule has 9 aliphatic carbocycles. The molecule has 0 aromatic heterocycles. The predicted molar refractivity (Wildman–Crippen MR) is 369 cm³/mol. The van der Waals surface area contributed by atoms with Crippen LogP contribution in [0.15, 0.2) is 18.2 Å². The number of hydrogen-bond donors (Lipinski definition) is 9. The molecular formula is C74H149N9. The van der Waals surface area contributed by atoms with Crippen molar-refractivity contribution in [2.75, 3.05) is 51.5 Å². The average Bonchev–Trinajstić information content (AvgIpc) is 4.16. The molecule has 9 aliphatic rings. The first-order chi connectivity index (χ1) is 39.5. The number of nitrogen functional groups attached to an aromatic ring is 1. The van der Waals surface area contributed by atoms with Crippen LogP contribution in [-0.4, -0.2) is 51.9 Å². The third-order valence-corrected chi connectivity index (χ3v) is 22.9. The highest BCUT2D eigenvalue weighted by Crippen LogP contribution is 2.37. The fourth-order valence-electron chi connectivity index (χ4n) is 15.7. The van der Waals surface area contributed by atoms with Crippen LogP contribution < -0.4 is 51.6 Å². The fourth-order valence-corrected chi connectivity index (χ4v) is 15.7. The van der Waals surface area contributed by atoms with Crippen molar-refractivity contribution in [1.82, 2.24) is 0 Å². The highest BCUT2D eigenvalue weighted by molar-refractivity contribution is 5.46. The third-order valence-electron chi connectivity index (χ3n) is 22.9. The van der Waals surface area contributed by atoms with Crippen molar-refractivity contribution in [2.24, 2.45) is 164 Å². The van der Waals surface area contributed by atoms with Crippen LogP contribution in [0.2, 0.25) is 0 Å². The van der Waals surface area contributed by atoms with Crippen LogP contribution in [0.4, 0.5) is 5.69 Å². The molecule has 16 atom stereocenters. The van der Waals surface area contributed by atoms with Gasteiger partial charge in [0.25, 0.3) is 0 Å². The summed E-state index contributed by atoms with van der Waals surface area (Å²) in [6.07, 6.45) is 36.8. The van der Waals surface area contributed by atoms with Crippen LogP contribution in [-0.2, 0) is 12.8 Å². The molecule has 0 amide bonds. The second kappa shape index (κ2) is 44.2. The average molecular weight is 1170 g/mol. The number of aryl methyl sites for hydroxylation is 2. The minimum absolute atomic E-state index is 0.583. The second-order valence-electron chi connectivity index (χ2n) is 30.8. The Bertz CT molecular complexity index is 1670. The van der Waals surface area contributed by atoms with Gasteiger partial charge in [0.15, 0.2) is 0 Å². The van der Waals surface area contributed by atoms with Crippen molar-refractivity contribution >= 4 is 5.69 Å². The maximum Gasteiger partial charge on any atom is 0.0316 e. The molecule has 8 saturated carbocycles. The van der Waals surface area contributed by atoms with E-state index in [2.05, 4.69) is 102 Å². The number of benzene rings is 1. The van der Waals surface area contributed by atoms with E-state index in [-0.39, 0.29) is 0 Å². The van der Waals surface area contributed by atoms with E-state index in [1.165, 1.54) is 184 Å². The van der Waals surface area contributed by atoms with Gasteiger partial charge < -0.3 is 51.6 Å². The fraction of sp³-hybridized carbons (Fsp3) is 0.919. The van der Waals surface area contributed by atoms with E-state index in [0.29, 0.717) is 6.04 Å². The maximum absolute atomic E-state index is 5.68. The first-order valence-electron chi connectivity index (χ1n) is 36.1.